The van der Waals surface area contributed by atoms with Crippen LogP contribution in [0.3, 0.4) is 0 Å². The number of halogens is 2. The van der Waals surface area contributed by atoms with E-state index in [2.05, 4.69) is 24.1 Å². The van der Waals surface area contributed by atoms with Crippen LogP contribution in [0.5, 0.6) is 11.5 Å². The Labute approximate surface area is 178 Å². The molecule has 154 valence electrons. The van der Waals surface area contributed by atoms with E-state index in [0.717, 1.165) is 43.7 Å². The highest BCUT2D eigenvalue weighted by Gasteiger charge is 2.11. The molecule has 0 fully saturated rings. The van der Waals surface area contributed by atoms with Crippen molar-refractivity contribution in [1.82, 2.24) is 10.2 Å². The molecule has 4 nitrogen and oxygen atoms in total. The first kappa shape index (κ1) is 22.8. The zero-order valence-electron chi connectivity index (χ0n) is 16.9. The molecular weight excluding hydrogens is 395 g/mol. The summed E-state index contributed by atoms with van der Waals surface area (Å²) in [5.41, 5.74) is 1.99. The lowest BCUT2D eigenvalue weighted by Gasteiger charge is -2.18. The van der Waals surface area contributed by atoms with Crippen LogP contribution in [0.1, 0.15) is 31.4 Å². The summed E-state index contributed by atoms with van der Waals surface area (Å²) in [4.78, 5) is 2.42. The van der Waals surface area contributed by atoms with E-state index in [1.165, 1.54) is 0 Å². The number of ether oxygens (including phenoxy) is 2. The molecule has 0 saturated carbocycles. The number of benzene rings is 2. The fourth-order valence-electron chi connectivity index (χ4n) is 2.96. The molecule has 2 aromatic carbocycles. The molecule has 1 N–H and O–H groups in total. The second kappa shape index (κ2) is 12.2. The molecule has 0 aliphatic carbocycles. The van der Waals surface area contributed by atoms with Gasteiger partial charge in [-0.05, 0) is 61.9 Å². The van der Waals surface area contributed by atoms with Crippen molar-refractivity contribution in [3.63, 3.8) is 0 Å². The van der Waals surface area contributed by atoms with Gasteiger partial charge in [0.05, 0.1) is 7.11 Å². The summed E-state index contributed by atoms with van der Waals surface area (Å²) < 4.78 is 11.4. The van der Waals surface area contributed by atoms with Crippen molar-refractivity contribution < 1.29 is 9.47 Å². The minimum atomic E-state index is 0.399. The molecule has 0 heterocycles. The first-order valence-corrected chi connectivity index (χ1v) is 10.5. The summed E-state index contributed by atoms with van der Waals surface area (Å²) in [6.45, 7) is 9.72. The number of hydrogen-bond donors (Lipinski definition) is 1. The molecule has 0 aromatic heterocycles. The van der Waals surface area contributed by atoms with Gasteiger partial charge in [-0.3, -0.25) is 0 Å². The predicted octanol–water partition coefficient (Wildman–Crippen LogP) is 5.40. The molecule has 0 radical (unpaired) electrons. The first-order chi connectivity index (χ1) is 13.6. The molecule has 0 bridgehead atoms. The standard InChI is InChI=1S/C22H30Cl2N2O2/c1-4-26(5-2)11-7-10-25-15-18-13-21(27-3)22(14-20(18)24)28-16-17-8-6-9-19(23)12-17/h6,8-9,12-14,25H,4-5,7,10-11,15-16H2,1-3H3. The Morgan fingerprint density at radius 3 is 2.50 bits per heavy atom. The van der Waals surface area contributed by atoms with Gasteiger partial charge >= 0.3 is 0 Å². The number of hydrogen-bond acceptors (Lipinski definition) is 4. The van der Waals surface area contributed by atoms with E-state index in [0.29, 0.717) is 34.7 Å². The molecule has 28 heavy (non-hydrogen) atoms. The van der Waals surface area contributed by atoms with Crippen LogP contribution in [0, 0.1) is 0 Å². The van der Waals surface area contributed by atoms with Crippen molar-refractivity contribution in [2.45, 2.75) is 33.4 Å². The van der Waals surface area contributed by atoms with Crippen molar-refractivity contribution >= 4 is 23.2 Å². The average molecular weight is 425 g/mol. The Kier molecular flexibility index (Phi) is 9.93. The average Bonchev–Trinajstić information content (AvgIpc) is 2.70. The number of methoxy groups -OCH3 is 1. The van der Waals surface area contributed by atoms with E-state index in [1.54, 1.807) is 7.11 Å². The Balaban J connectivity index is 1.91. The van der Waals surface area contributed by atoms with E-state index in [9.17, 15) is 0 Å². The first-order valence-electron chi connectivity index (χ1n) is 9.74. The Bertz CT molecular complexity index is 736. The molecule has 0 amide bonds. The number of nitrogens with zero attached hydrogens (tertiary/aromatic N) is 1. The van der Waals surface area contributed by atoms with Gasteiger partial charge in [-0.1, -0.05) is 49.2 Å². The highest BCUT2D eigenvalue weighted by Crippen LogP contribution is 2.34. The van der Waals surface area contributed by atoms with Crippen LogP contribution in [-0.4, -0.2) is 38.2 Å². The SMILES string of the molecule is CCN(CC)CCCNCc1cc(OC)c(OCc2cccc(Cl)c2)cc1Cl. The molecule has 0 atom stereocenters. The van der Waals surface area contributed by atoms with E-state index in [4.69, 9.17) is 32.7 Å². The Hall–Kier alpha value is -1.46. The maximum absolute atomic E-state index is 6.47. The minimum absolute atomic E-state index is 0.399. The largest absolute Gasteiger partial charge is 0.493 e. The van der Waals surface area contributed by atoms with Crippen LogP contribution in [0.2, 0.25) is 10.0 Å². The van der Waals surface area contributed by atoms with Crippen LogP contribution in [0.15, 0.2) is 36.4 Å². The second-order valence-corrected chi connectivity index (χ2v) is 7.41. The zero-order valence-corrected chi connectivity index (χ0v) is 18.4. The molecule has 6 heteroatoms. The summed E-state index contributed by atoms with van der Waals surface area (Å²) >= 11 is 12.5. The van der Waals surface area contributed by atoms with Gasteiger partial charge in [-0.25, -0.2) is 0 Å². The van der Waals surface area contributed by atoms with E-state index >= 15 is 0 Å². The van der Waals surface area contributed by atoms with Crippen LogP contribution in [0.4, 0.5) is 0 Å². The summed E-state index contributed by atoms with van der Waals surface area (Å²) in [6.07, 6.45) is 1.11. The predicted molar refractivity (Wildman–Crippen MR) is 118 cm³/mol. The summed E-state index contributed by atoms with van der Waals surface area (Å²) in [5, 5.41) is 4.81. The van der Waals surface area contributed by atoms with Crippen molar-refractivity contribution in [1.29, 1.82) is 0 Å². The third-order valence-corrected chi connectivity index (χ3v) is 5.24. The minimum Gasteiger partial charge on any atom is -0.493 e. The van der Waals surface area contributed by atoms with Gasteiger partial charge in [0.25, 0.3) is 0 Å². The molecule has 0 spiro atoms. The normalized spacial score (nSPS) is 11.1. The van der Waals surface area contributed by atoms with E-state index < -0.39 is 0 Å². The molecule has 0 aliphatic heterocycles. The van der Waals surface area contributed by atoms with Gasteiger partial charge in [-0.2, -0.15) is 0 Å². The van der Waals surface area contributed by atoms with Crippen LogP contribution >= 0.6 is 23.2 Å². The van der Waals surface area contributed by atoms with E-state index in [-0.39, 0.29) is 0 Å². The summed E-state index contributed by atoms with van der Waals surface area (Å²) in [6, 6.07) is 11.3. The highest BCUT2D eigenvalue weighted by molar-refractivity contribution is 6.31. The van der Waals surface area contributed by atoms with Crippen LogP contribution in [-0.2, 0) is 13.2 Å². The fraction of sp³-hybridized carbons (Fsp3) is 0.455. The van der Waals surface area contributed by atoms with Crippen LogP contribution in [0.25, 0.3) is 0 Å². The van der Waals surface area contributed by atoms with Gasteiger partial charge in [-0.15, -0.1) is 0 Å². The zero-order chi connectivity index (χ0) is 20.4. The number of rotatable bonds is 12. The van der Waals surface area contributed by atoms with Crippen molar-refractivity contribution in [3.05, 3.63) is 57.6 Å². The second-order valence-electron chi connectivity index (χ2n) is 6.57. The molecule has 0 saturated heterocycles. The quantitative estimate of drug-likeness (QED) is 0.462. The highest BCUT2D eigenvalue weighted by atomic mass is 35.5. The maximum Gasteiger partial charge on any atom is 0.163 e. The van der Waals surface area contributed by atoms with Gasteiger partial charge in [0.1, 0.15) is 6.61 Å². The van der Waals surface area contributed by atoms with Gasteiger partial charge < -0.3 is 19.7 Å². The van der Waals surface area contributed by atoms with Crippen molar-refractivity contribution in [3.8, 4) is 11.5 Å². The third-order valence-electron chi connectivity index (χ3n) is 4.65. The molecule has 0 unspecified atom stereocenters. The Morgan fingerprint density at radius 1 is 1.04 bits per heavy atom. The van der Waals surface area contributed by atoms with Crippen LogP contribution < -0.4 is 14.8 Å². The summed E-state index contributed by atoms with van der Waals surface area (Å²) in [5.74, 6) is 1.30. The molecule has 2 rings (SSSR count). The number of nitrogens with one attached hydrogen (secondary N) is 1. The van der Waals surface area contributed by atoms with Gasteiger partial charge in [0.15, 0.2) is 11.5 Å². The Morgan fingerprint density at radius 2 is 1.82 bits per heavy atom. The molecule has 2 aromatic rings. The lowest BCUT2D eigenvalue weighted by atomic mass is 10.2. The monoisotopic (exact) mass is 424 g/mol. The van der Waals surface area contributed by atoms with Gasteiger partial charge in [0, 0.05) is 22.7 Å². The van der Waals surface area contributed by atoms with Crippen molar-refractivity contribution in [2.75, 3.05) is 33.3 Å². The smallest absolute Gasteiger partial charge is 0.163 e. The fourth-order valence-corrected chi connectivity index (χ4v) is 3.40. The lowest BCUT2D eigenvalue weighted by Crippen LogP contribution is -2.27. The van der Waals surface area contributed by atoms with Crippen molar-refractivity contribution in [2.24, 2.45) is 0 Å². The summed E-state index contributed by atoms with van der Waals surface area (Å²) in [7, 11) is 1.64. The molecule has 0 aliphatic rings. The van der Waals surface area contributed by atoms with E-state index in [1.807, 2.05) is 36.4 Å². The van der Waals surface area contributed by atoms with Gasteiger partial charge in [0.2, 0.25) is 0 Å². The topological polar surface area (TPSA) is 33.7 Å². The molecular formula is C22H30Cl2N2O2. The lowest BCUT2D eigenvalue weighted by molar-refractivity contribution is 0.284. The third kappa shape index (κ3) is 7.17. The maximum atomic E-state index is 6.47.